The highest BCUT2D eigenvalue weighted by atomic mass is 16.6. The minimum absolute atomic E-state index is 0.167. The highest BCUT2D eigenvalue weighted by Gasteiger charge is 2.40. The molecule has 1 saturated heterocycles. The number of carbonyl (C=O) groups excluding carboxylic acids is 1. The van der Waals surface area contributed by atoms with Crippen molar-refractivity contribution in [3.63, 3.8) is 0 Å². The van der Waals surface area contributed by atoms with Gasteiger partial charge in [0.2, 0.25) is 0 Å². The molecule has 0 spiro atoms. The van der Waals surface area contributed by atoms with Gasteiger partial charge in [0.1, 0.15) is 6.61 Å². The van der Waals surface area contributed by atoms with Gasteiger partial charge in [-0.05, 0) is 37.0 Å². The summed E-state index contributed by atoms with van der Waals surface area (Å²) in [5.74, 6) is 0. The van der Waals surface area contributed by atoms with Gasteiger partial charge in [-0.1, -0.05) is 48.0 Å². The van der Waals surface area contributed by atoms with Crippen LogP contribution in [-0.2, 0) is 17.8 Å². The van der Waals surface area contributed by atoms with E-state index in [1.165, 1.54) is 5.57 Å². The molecule has 4 rings (SSSR count). The molecule has 4 heteroatoms. The number of hydrogen-bond donors (Lipinski definition) is 0. The lowest BCUT2D eigenvalue weighted by Crippen LogP contribution is -2.43. The lowest BCUT2D eigenvalue weighted by atomic mass is 9.97. The number of benzene rings is 1. The molecule has 2 unspecified atom stereocenters. The molecule has 0 radical (unpaired) electrons. The molecule has 2 aliphatic rings. The van der Waals surface area contributed by atoms with Crippen molar-refractivity contribution in [3.05, 3.63) is 77.6 Å². The lowest BCUT2D eigenvalue weighted by molar-refractivity contribution is 0.0815. The molecular formula is C21H22N2O2. The summed E-state index contributed by atoms with van der Waals surface area (Å²) in [5.41, 5.74) is 3.50. The zero-order valence-electron chi connectivity index (χ0n) is 14.2. The van der Waals surface area contributed by atoms with Crippen LogP contribution in [0.1, 0.15) is 30.5 Å². The van der Waals surface area contributed by atoms with E-state index < -0.39 is 0 Å². The second-order valence-electron chi connectivity index (χ2n) is 6.77. The van der Waals surface area contributed by atoms with Crippen molar-refractivity contribution in [2.45, 2.75) is 44.4 Å². The quantitative estimate of drug-likeness (QED) is 0.790. The maximum absolute atomic E-state index is 12.6. The molecule has 3 heterocycles. The Morgan fingerprint density at radius 1 is 1.12 bits per heavy atom. The summed E-state index contributed by atoms with van der Waals surface area (Å²) in [5, 5.41) is 0. The fraction of sp³-hybridized carbons (Fsp3) is 0.333. The molecule has 1 aromatic carbocycles. The van der Waals surface area contributed by atoms with Gasteiger partial charge in [0.15, 0.2) is 0 Å². The predicted molar refractivity (Wildman–Crippen MR) is 95.9 cm³/mol. The molecule has 1 fully saturated rings. The number of ether oxygens (including phenoxy) is 1. The summed E-state index contributed by atoms with van der Waals surface area (Å²) in [7, 11) is 0. The third-order valence-electron chi connectivity index (χ3n) is 5.02. The number of nitrogens with zero attached hydrogens (tertiary/aromatic N) is 2. The Morgan fingerprint density at radius 2 is 1.96 bits per heavy atom. The van der Waals surface area contributed by atoms with Crippen LogP contribution in [0, 0.1) is 0 Å². The van der Waals surface area contributed by atoms with E-state index in [4.69, 9.17) is 4.74 Å². The van der Waals surface area contributed by atoms with E-state index in [0.29, 0.717) is 6.61 Å². The molecular weight excluding hydrogens is 312 g/mol. The van der Waals surface area contributed by atoms with Gasteiger partial charge in [-0.25, -0.2) is 4.79 Å². The van der Waals surface area contributed by atoms with Crippen LogP contribution < -0.4 is 0 Å². The van der Waals surface area contributed by atoms with Crippen molar-refractivity contribution in [2.24, 2.45) is 0 Å². The average Bonchev–Trinajstić information content (AvgIpc) is 2.92. The Morgan fingerprint density at radius 3 is 2.72 bits per heavy atom. The lowest BCUT2D eigenvalue weighted by Gasteiger charge is -2.33. The molecule has 2 aromatic rings. The number of hydrogen-bond acceptors (Lipinski definition) is 3. The van der Waals surface area contributed by atoms with Gasteiger partial charge >= 0.3 is 6.09 Å². The second-order valence-corrected chi connectivity index (χ2v) is 6.77. The standard InChI is InChI=1S/C21H22N2O2/c24-21(25-15-16-6-2-1-3-7-16)23-19-9-10-20(23)14-17(13-19)12-18-8-4-5-11-22-18/h1-8,11,13,19-20H,9-10,12,14-15H2. The summed E-state index contributed by atoms with van der Waals surface area (Å²) in [6.45, 7) is 0.333. The third-order valence-corrected chi connectivity index (χ3v) is 5.02. The van der Waals surface area contributed by atoms with E-state index in [2.05, 4.69) is 17.1 Å². The smallest absolute Gasteiger partial charge is 0.410 e. The van der Waals surface area contributed by atoms with Crippen molar-refractivity contribution in [2.75, 3.05) is 0 Å². The Balaban J connectivity index is 1.40. The molecule has 4 nitrogen and oxygen atoms in total. The van der Waals surface area contributed by atoms with Crippen LogP contribution in [-0.4, -0.2) is 28.1 Å². The van der Waals surface area contributed by atoms with Crippen molar-refractivity contribution < 1.29 is 9.53 Å². The molecule has 2 bridgehead atoms. The summed E-state index contributed by atoms with van der Waals surface area (Å²) in [6.07, 6.45) is 7.77. The Labute approximate surface area is 148 Å². The van der Waals surface area contributed by atoms with E-state index in [1.54, 1.807) is 0 Å². The van der Waals surface area contributed by atoms with Crippen molar-refractivity contribution in [3.8, 4) is 0 Å². The van der Waals surface area contributed by atoms with Crippen LogP contribution >= 0.6 is 0 Å². The van der Waals surface area contributed by atoms with Crippen molar-refractivity contribution in [1.29, 1.82) is 0 Å². The number of pyridine rings is 1. The molecule has 0 aliphatic carbocycles. The highest BCUT2D eigenvalue weighted by Crippen LogP contribution is 2.36. The fourth-order valence-electron chi connectivity index (χ4n) is 3.86. The monoisotopic (exact) mass is 334 g/mol. The summed E-state index contributed by atoms with van der Waals surface area (Å²) >= 11 is 0. The van der Waals surface area contributed by atoms with Crippen LogP contribution in [0.25, 0.3) is 0 Å². The minimum Gasteiger partial charge on any atom is -0.445 e. The van der Waals surface area contributed by atoms with Crippen LogP contribution in [0.2, 0.25) is 0 Å². The third kappa shape index (κ3) is 3.58. The molecule has 25 heavy (non-hydrogen) atoms. The second kappa shape index (κ2) is 7.09. The van der Waals surface area contributed by atoms with E-state index in [0.717, 1.165) is 36.9 Å². The Hall–Kier alpha value is -2.62. The minimum atomic E-state index is -0.190. The van der Waals surface area contributed by atoms with Crippen molar-refractivity contribution in [1.82, 2.24) is 9.88 Å². The molecule has 0 N–H and O–H groups in total. The predicted octanol–water partition coefficient (Wildman–Crippen LogP) is 4.12. The van der Waals surface area contributed by atoms with Gasteiger partial charge < -0.3 is 4.74 Å². The van der Waals surface area contributed by atoms with E-state index >= 15 is 0 Å². The van der Waals surface area contributed by atoms with Crippen LogP contribution in [0.4, 0.5) is 4.79 Å². The number of fused-ring (bicyclic) bond motifs is 2. The van der Waals surface area contributed by atoms with Gasteiger partial charge in [-0.2, -0.15) is 0 Å². The van der Waals surface area contributed by atoms with Gasteiger partial charge in [0.25, 0.3) is 0 Å². The highest BCUT2D eigenvalue weighted by molar-refractivity contribution is 5.70. The topological polar surface area (TPSA) is 42.4 Å². The molecule has 1 amide bonds. The summed E-state index contributed by atoms with van der Waals surface area (Å²) in [6, 6.07) is 16.3. The Kier molecular flexibility index (Phi) is 4.51. The first-order chi connectivity index (χ1) is 12.3. The van der Waals surface area contributed by atoms with Crippen LogP contribution in [0.15, 0.2) is 66.4 Å². The largest absolute Gasteiger partial charge is 0.445 e. The molecule has 0 saturated carbocycles. The maximum atomic E-state index is 12.6. The van der Waals surface area contributed by atoms with Gasteiger partial charge in [-0.15, -0.1) is 0 Å². The molecule has 128 valence electrons. The number of rotatable bonds is 4. The first kappa shape index (κ1) is 15.9. The number of carbonyl (C=O) groups is 1. The number of amides is 1. The first-order valence-electron chi connectivity index (χ1n) is 8.88. The SMILES string of the molecule is O=C(OCc1ccccc1)N1C2C=C(Cc3ccccn3)CC1CC2. The molecule has 1 aromatic heterocycles. The molecule has 2 atom stereocenters. The zero-order valence-corrected chi connectivity index (χ0v) is 14.2. The van der Waals surface area contributed by atoms with Crippen LogP contribution in [0.5, 0.6) is 0 Å². The van der Waals surface area contributed by atoms with Gasteiger partial charge in [0, 0.05) is 24.4 Å². The normalized spacial score (nSPS) is 21.8. The fourth-order valence-corrected chi connectivity index (χ4v) is 3.86. The van der Waals surface area contributed by atoms with Gasteiger partial charge in [0.05, 0.1) is 6.04 Å². The van der Waals surface area contributed by atoms with E-state index in [1.807, 2.05) is 53.6 Å². The summed E-state index contributed by atoms with van der Waals surface area (Å²) in [4.78, 5) is 18.9. The zero-order chi connectivity index (χ0) is 17.1. The van der Waals surface area contributed by atoms with E-state index in [-0.39, 0.29) is 18.2 Å². The maximum Gasteiger partial charge on any atom is 0.410 e. The average molecular weight is 334 g/mol. The van der Waals surface area contributed by atoms with E-state index in [9.17, 15) is 4.79 Å². The van der Waals surface area contributed by atoms with Crippen molar-refractivity contribution >= 4 is 6.09 Å². The first-order valence-corrected chi connectivity index (χ1v) is 8.88. The summed E-state index contributed by atoms with van der Waals surface area (Å²) < 4.78 is 5.55. The Bertz CT molecular complexity index is 758. The molecule has 2 aliphatic heterocycles. The van der Waals surface area contributed by atoms with Crippen LogP contribution in [0.3, 0.4) is 0 Å². The number of aromatic nitrogens is 1. The van der Waals surface area contributed by atoms with Gasteiger partial charge in [-0.3, -0.25) is 9.88 Å².